The lowest BCUT2D eigenvalue weighted by atomic mass is 10.2. The highest BCUT2D eigenvalue weighted by Gasteiger charge is 2.02. The first-order chi connectivity index (χ1) is 7.35. The Bertz CT molecular complexity index is 120. The molecule has 0 fully saturated rings. The Balaban J connectivity index is 3.38. The molecule has 92 valence electrons. The van der Waals surface area contributed by atoms with E-state index in [1.54, 1.807) is 0 Å². The molecule has 0 aromatic rings. The van der Waals surface area contributed by atoms with E-state index in [9.17, 15) is 0 Å². The topological polar surface area (TPSA) is 49.5 Å². The SMILES string of the molecule is CCCCN(CCN)CCCCCCO. The van der Waals surface area contributed by atoms with Crippen LogP contribution in [0.5, 0.6) is 0 Å². The first-order valence-electron chi connectivity index (χ1n) is 6.38. The van der Waals surface area contributed by atoms with Crippen LogP contribution in [-0.4, -0.2) is 42.8 Å². The standard InChI is InChI=1S/C12H28N2O/c1-2-3-9-14(11-8-13)10-6-4-5-7-12-15/h15H,2-13H2,1H3. The third kappa shape index (κ3) is 10.2. The lowest BCUT2D eigenvalue weighted by Crippen LogP contribution is -2.31. The zero-order chi connectivity index (χ0) is 11.4. The predicted molar refractivity (Wildman–Crippen MR) is 66.0 cm³/mol. The largest absolute Gasteiger partial charge is 0.396 e. The zero-order valence-corrected chi connectivity index (χ0v) is 10.2. The summed E-state index contributed by atoms with van der Waals surface area (Å²) in [5.41, 5.74) is 5.58. The molecule has 0 bridgehead atoms. The molecule has 0 rings (SSSR count). The molecule has 0 saturated carbocycles. The molecule has 0 radical (unpaired) electrons. The molecular formula is C12H28N2O. The Hall–Kier alpha value is -0.120. The molecule has 0 amide bonds. The summed E-state index contributed by atoms with van der Waals surface area (Å²) in [6.07, 6.45) is 7.10. The van der Waals surface area contributed by atoms with E-state index in [0.717, 1.165) is 25.9 Å². The molecule has 3 N–H and O–H groups in total. The first-order valence-corrected chi connectivity index (χ1v) is 6.38. The van der Waals surface area contributed by atoms with Gasteiger partial charge in [0.05, 0.1) is 0 Å². The monoisotopic (exact) mass is 216 g/mol. The van der Waals surface area contributed by atoms with Gasteiger partial charge in [-0.2, -0.15) is 0 Å². The van der Waals surface area contributed by atoms with Crippen molar-refractivity contribution in [1.29, 1.82) is 0 Å². The summed E-state index contributed by atoms with van der Waals surface area (Å²) in [7, 11) is 0. The Morgan fingerprint density at radius 2 is 1.60 bits per heavy atom. The van der Waals surface area contributed by atoms with Crippen LogP contribution in [0, 0.1) is 0 Å². The molecule has 0 unspecified atom stereocenters. The molecule has 3 heteroatoms. The van der Waals surface area contributed by atoms with Gasteiger partial charge in [0.2, 0.25) is 0 Å². The van der Waals surface area contributed by atoms with Crippen molar-refractivity contribution in [1.82, 2.24) is 4.90 Å². The number of rotatable bonds is 11. The normalized spacial score (nSPS) is 11.2. The van der Waals surface area contributed by atoms with Crippen molar-refractivity contribution in [3.63, 3.8) is 0 Å². The molecule has 3 nitrogen and oxygen atoms in total. The van der Waals surface area contributed by atoms with Crippen LogP contribution < -0.4 is 5.73 Å². The zero-order valence-electron chi connectivity index (χ0n) is 10.2. The number of nitrogens with zero attached hydrogens (tertiary/aromatic N) is 1. The second-order valence-corrected chi connectivity index (χ2v) is 4.12. The third-order valence-electron chi connectivity index (χ3n) is 2.66. The Morgan fingerprint density at radius 1 is 0.933 bits per heavy atom. The van der Waals surface area contributed by atoms with Gasteiger partial charge in [0, 0.05) is 19.7 Å². The molecule has 0 aliphatic carbocycles. The van der Waals surface area contributed by atoms with E-state index in [1.165, 1.54) is 38.8 Å². The molecule has 0 aliphatic heterocycles. The Labute approximate surface area is 94.6 Å². The van der Waals surface area contributed by atoms with Crippen LogP contribution in [0.2, 0.25) is 0 Å². The van der Waals surface area contributed by atoms with Crippen molar-refractivity contribution < 1.29 is 5.11 Å². The number of aliphatic hydroxyl groups excluding tert-OH is 1. The minimum Gasteiger partial charge on any atom is -0.396 e. The smallest absolute Gasteiger partial charge is 0.0431 e. The number of hydrogen-bond acceptors (Lipinski definition) is 3. The number of nitrogens with two attached hydrogens (primary N) is 1. The quantitative estimate of drug-likeness (QED) is 0.516. The van der Waals surface area contributed by atoms with Crippen LogP contribution in [0.3, 0.4) is 0 Å². The highest BCUT2D eigenvalue weighted by atomic mass is 16.2. The fourth-order valence-electron chi connectivity index (χ4n) is 1.70. The summed E-state index contributed by atoms with van der Waals surface area (Å²) in [4.78, 5) is 2.46. The fourth-order valence-corrected chi connectivity index (χ4v) is 1.70. The van der Waals surface area contributed by atoms with Crippen molar-refractivity contribution >= 4 is 0 Å². The number of aliphatic hydroxyl groups is 1. The van der Waals surface area contributed by atoms with Crippen molar-refractivity contribution in [2.45, 2.75) is 45.4 Å². The molecule has 15 heavy (non-hydrogen) atoms. The highest BCUT2D eigenvalue weighted by Crippen LogP contribution is 2.02. The lowest BCUT2D eigenvalue weighted by molar-refractivity contribution is 0.261. The Morgan fingerprint density at radius 3 is 2.20 bits per heavy atom. The van der Waals surface area contributed by atoms with E-state index >= 15 is 0 Å². The van der Waals surface area contributed by atoms with Gasteiger partial charge in [-0.25, -0.2) is 0 Å². The van der Waals surface area contributed by atoms with Crippen LogP contribution in [0.4, 0.5) is 0 Å². The number of hydrogen-bond donors (Lipinski definition) is 2. The fraction of sp³-hybridized carbons (Fsp3) is 1.00. The van der Waals surface area contributed by atoms with Gasteiger partial charge in [-0.05, 0) is 32.4 Å². The van der Waals surface area contributed by atoms with Crippen LogP contribution in [0.15, 0.2) is 0 Å². The van der Waals surface area contributed by atoms with Crippen LogP contribution in [-0.2, 0) is 0 Å². The van der Waals surface area contributed by atoms with Crippen LogP contribution in [0.25, 0.3) is 0 Å². The minimum absolute atomic E-state index is 0.336. The van der Waals surface area contributed by atoms with Gasteiger partial charge in [-0.1, -0.05) is 26.2 Å². The maximum absolute atomic E-state index is 8.65. The summed E-state index contributed by atoms with van der Waals surface area (Å²) >= 11 is 0. The minimum atomic E-state index is 0.336. The maximum atomic E-state index is 8.65. The van der Waals surface area contributed by atoms with Crippen LogP contribution in [0.1, 0.15) is 45.4 Å². The van der Waals surface area contributed by atoms with Gasteiger partial charge in [0.1, 0.15) is 0 Å². The van der Waals surface area contributed by atoms with Gasteiger partial charge in [-0.15, -0.1) is 0 Å². The summed E-state index contributed by atoms with van der Waals surface area (Å²) in [6.45, 7) is 6.71. The maximum Gasteiger partial charge on any atom is 0.0431 e. The first kappa shape index (κ1) is 14.9. The van der Waals surface area contributed by atoms with Gasteiger partial charge in [-0.3, -0.25) is 0 Å². The van der Waals surface area contributed by atoms with E-state index in [2.05, 4.69) is 11.8 Å². The molecule has 0 atom stereocenters. The summed E-state index contributed by atoms with van der Waals surface area (Å²) < 4.78 is 0. The summed E-state index contributed by atoms with van der Waals surface area (Å²) in [6, 6.07) is 0. The number of unbranched alkanes of at least 4 members (excludes halogenated alkanes) is 4. The second-order valence-electron chi connectivity index (χ2n) is 4.12. The third-order valence-corrected chi connectivity index (χ3v) is 2.66. The summed E-state index contributed by atoms with van der Waals surface area (Å²) in [5, 5.41) is 8.65. The molecule has 0 heterocycles. The highest BCUT2D eigenvalue weighted by molar-refractivity contribution is 4.58. The van der Waals surface area contributed by atoms with Gasteiger partial charge in [0.25, 0.3) is 0 Å². The van der Waals surface area contributed by atoms with Crippen molar-refractivity contribution in [3.8, 4) is 0 Å². The van der Waals surface area contributed by atoms with E-state index in [-0.39, 0.29) is 0 Å². The average molecular weight is 216 g/mol. The van der Waals surface area contributed by atoms with E-state index in [4.69, 9.17) is 10.8 Å². The molecule has 0 saturated heterocycles. The van der Waals surface area contributed by atoms with Gasteiger partial charge < -0.3 is 15.7 Å². The van der Waals surface area contributed by atoms with E-state index in [0.29, 0.717) is 6.61 Å². The van der Waals surface area contributed by atoms with Crippen molar-refractivity contribution in [2.24, 2.45) is 5.73 Å². The molecule has 0 aromatic carbocycles. The van der Waals surface area contributed by atoms with E-state index < -0.39 is 0 Å². The predicted octanol–water partition coefficient (Wildman–Crippen LogP) is 1.60. The lowest BCUT2D eigenvalue weighted by Gasteiger charge is -2.21. The molecule has 0 aromatic heterocycles. The van der Waals surface area contributed by atoms with E-state index in [1.807, 2.05) is 0 Å². The molecule has 0 aliphatic rings. The second kappa shape index (κ2) is 12.0. The Kier molecular flexibility index (Phi) is 11.9. The molecular weight excluding hydrogens is 188 g/mol. The molecule has 0 spiro atoms. The average Bonchev–Trinajstić information content (AvgIpc) is 2.25. The van der Waals surface area contributed by atoms with Gasteiger partial charge >= 0.3 is 0 Å². The van der Waals surface area contributed by atoms with Crippen molar-refractivity contribution in [2.75, 3.05) is 32.8 Å². The van der Waals surface area contributed by atoms with Crippen LogP contribution >= 0.6 is 0 Å². The van der Waals surface area contributed by atoms with Crippen molar-refractivity contribution in [3.05, 3.63) is 0 Å². The van der Waals surface area contributed by atoms with Gasteiger partial charge in [0.15, 0.2) is 0 Å². The summed E-state index contributed by atoms with van der Waals surface area (Å²) in [5.74, 6) is 0.